The summed E-state index contributed by atoms with van der Waals surface area (Å²) in [7, 11) is 1.36. The van der Waals surface area contributed by atoms with Gasteiger partial charge in [-0.1, -0.05) is 12.1 Å². The van der Waals surface area contributed by atoms with Crippen LogP contribution in [0.5, 0.6) is 5.75 Å². The van der Waals surface area contributed by atoms with Crippen LogP contribution >= 0.6 is 15.9 Å². The molecule has 0 unspecified atom stereocenters. The van der Waals surface area contributed by atoms with Crippen molar-refractivity contribution in [3.8, 4) is 5.75 Å². The van der Waals surface area contributed by atoms with Gasteiger partial charge in [-0.3, -0.25) is 4.79 Å². The number of hydrogen-bond donors (Lipinski definition) is 0. The molecule has 14 heavy (non-hydrogen) atoms. The maximum absolute atomic E-state index is 10.8. The van der Waals surface area contributed by atoms with Gasteiger partial charge in [0.1, 0.15) is 5.75 Å². The third kappa shape index (κ3) is 3.38. The molecule has 0 saturated carbocycles. The molecule has 0 saturated heterocycles. The third-order valence-electron chi connectivity index (χ3n) is 1.63. The quantitative estimate of drug-likeness (QED) is 0.779. The summed E-state index contributed by atoms with van der Waals surface area (Å²) in [5.74, 6) is 0.466. The van der Waals surface area contributed by atoms with E-state index in [-0.39, 0.29) is 12.4 Å². The molecule has 0 spiro atoms. The van der Waals surface area contributed by atoms with Crippen LogP contribution in [0.25, 0.3) is 0 Å². The fraction of sp³-hybridized carbons (Fsp3) is 0.300. The second-order valence-electron chi connectivity index (χ2n) is 2.61. The van der Waals surface area contributed by atoms with Crippen molar-refractivity contribution < 1.29 is 14.3 Å². The Morgan fingerprint density at radius 2 is 2.14 bits per heavy atom. The van der Waals surface area contributed by atoms with Gasteiger partial charge >= 0.3 is 5.97 Å². The highest BCUT2D eigenvalue weighted by Gasteiger charge is 2.02. The number of halogens is 1. The molecule has 0 aliphatic heterocycles. The Bertz CT molecular complexity index is 312. The third-order valence-corrected chi connectivity index (χ3v) is 2.28. The molecule has 4 heteroatoms. The number of esters is 1. The zero-order valence-corrected chi connectivity index (χ0v) is 9.41. The number of ether oxygens (including phenoxy) is 2. The first-order valence-electron chi connectivity index (χ1n) is 4.18. The second-order valence-corrected chi connectivity index (χ2v) is 3.46. The summed E-state index contributed by atoms with van der Waals surface area (Å²) >= 11 is 3.34. The molecule has 0 amide bonds. The molecule has 3 nitrogen and oxygen atoms in total. The normalized spacial score (nSPS) is 9.57. The van der Waals surface area contributed by atoms with E-state index in [0.29, 0.717) is 6.61 Å². The zero-order chi connectivity index (χ0) is 10.4. The Morgan fingerprint density at radius 3 is 2.79 bits per heavy atom. The molecule has 0 radical (unpaired) electrons. The van der Waals surface area contributed by atoms with E-state index in [2.05, 4.69) is 20.7 Å². The van der Waals surface area contributed by atoms with Gasteiger partial charge in [-0.15, -0.1) is 0 Å². The van der Waals surface area contributed by atoms with E-state index in [4.69, 9.17) is 4.74 Å². The van der Waals surface area contributed by atoms with Crippen LogP contribution in [0.15, 0.2) is 28.7 Å². The van der Waals surface area contributed by atoms with Gasteiger partial charge in [-0.25, -0.2) is 0 Å². The number of benzene rings is 1. The van der Waals surface area contributed by atoms with Gasteiger partial charge in [0.05, 0.1) is 24.6 Å². The molecule has 0 aliphatic carbocycles. The van der Waals surface area contributed by atoms with Gasteiger partial charge < -0.3 is 9.47 Å². The molecule has 0 N–H and O–H groups in total. The lowest BCUT2D eigenvalue weighted by atomic mass is 10.3. The van der Waals surface area contributed by atoms with E-state index < -0.39 is 0 Å². The highest BCUT2D eigenvalue weighted by atomic mass is 79.9. The number of methoxy groups -OCH3 is 1. The van der Waals surface area contributed by atoms with E-state index in [1.54, 1.807) is 0 Å². The predicted molar refractivity (Wildman–Crippen MR) is 56.3 cm³/mol. The Labute approximate surface area is 91.1 Å². The summed E-state index contributed by atoms with van der Waals surface area (Å²) in [6.07, 6.45) is 0.262. The van der Waals surface area contributed by atoms with Crippen molar-refractivity contribution in [2.45, 2.75) is 6.42 Å². The van der Waals surface area contributed by atoms with Crippen molar-refractivity contribution in [1.29, 1.82) is 0 Å². The van der Waals surface area contributed by atoms with E-state index in [0.717, 1.165) is 10.2 Å². The predicted octanol–water partition coefficient (Wildman–Crippen LogP) is 2.39. The average Bonchev–Trinajstić information content (AvgIpc) is 2.20. The average molecular weight is 259 g/mol. The van der Waals surface area contributed by atoms with Gasteiger partial charge in [-0.2, -0.15) is 0 Å². The summed E-state index contributed by atoms with van der Waals surface area (Å²) in [6, 6.07) is 7.49. The molecule has 0 bridgehead atoms. The Balaban J connectivity index is 2.39. The van der Waals surface area contributed by atoms with Crippen molar-refractivity contribution in [1.82, 2.24) is 0 Å². The SMILES string of the molecule is COC(=O)CCOc1ccccc1Br. The summed E-state index contributed by atoms with van der Waals surface area (Å²) in [4.78, 5) is 10.8. The van der Waals surface area contributed by atoms with Crippen molar-refractivity contribution in [2.24, 2.45) is 0 Å². The van der Waals surface area contributed by atoms with Crippen LogP contribution < -0.4 is 4.74 Å². The number of para-hydroxylation sites is 1. The molecule has 1 aromatic carbocycles. The zero-order valence-electron chi connectivity index (χ0n) is 7.83. The number of hydrogen-bond acceptors (Lipinski definition) is 3. The number of carbonyl (C=O) groups is 1. The van der Waals surface area contributed by atoms with E-state index in [1.165, 1.54) is 7.11 Å². The minimum atomic E-state index is -0.267. The molecule has 0 heterocycles. The molecule has 1 rings (SSSR count). The second kappa shape index (κ2) is 5.65. The minimum absolute atomic E-state index is 0.262. The molecule has 0 atom stereocenters. The maximum Gasteiger partial charge on any atom is 0.308 e. The highest BCUT2D eigenvalue weighted by molar-refractivity contribution is 9.10. The maximum atomic E-state index is 10.8. The highest BCUT2D eigenvalue weighted by Crippen LogP contribution is 2.23. The first-order chi connectivity index (χ1) is 6.74. The van der Waals surface area contributed by atoms with Crippen LogP contribution in [0.2, 0.25) is 0 Å². The van der Waals surface area contributed by atoms with Crippen LogP contribution in [0.4, 0.5) is 0 Å². The van der Waals surface area contributed by atoms with Crippen molar-refractivity contribution in [3.05, 3.63) is 28.7 Å². The van der Waals surface area contributed by atoms with Gasteiger partial charge in [0, 0.05) is 0 Å². The van der Waals surface area contributed by atoms with Crippen LogP contribution in [0, 0.1) is 0 Å². The van der Waals surface area contributed by atoms with Crippen molar-refractivity contribution in [3.63, 3.8) is 0 Å². The van der Waals surface area contributed by atoms with Crippen LogP contribution in [-0.4, -0.2) is 19.7 Å². The van der Waals surface area contributed by atoms with Crippen LogP contribution in [0.3, 0.4) is 0 Å². The summed E-state index contributed by atoms with van der Waals surface area (Å²) < 4.78 is 10.7. The van der Waals surface area contributed by atoms with Crippen LogP contribution in [-0.2, 0) is 9.53 Å². The van der Waals surface area contributed by atoms with E-state index in [9.17, 15) is 4.79 Å². The van der Waals surface area contributed by atoms with Gasteiger partial charge in [0.2, 0.25) is 0 Å². The molecule has 76 valence electrons. The fourth-order valence-corrected chi connectivity index (χ4v) is 1.31. The molecule has 0 aliphatic rings. The standard InChI is InChI=1S/C10H11BrO3/c1-13-10(12)6-7-14-9-5-3-2-4-8(9)11/h2-5H,6-7H2,1H3. The Kier molecular flexibility index (Phi) is 4.46. The monoisotopic (exact) mass is 258 g/mol. The summed E-state index contributed by atoms with van der Waals surface area (Å²) in [6.45, 7) is 0.329. The number of carbonyl (C=O) groups excluding carboxylic acids is 1. The Morgan fingerprint density at radius 1 is 1.43 bits per heavy atom. The van der Waals surface area contributed by atoms with Crippen LogP contribution in [0.1, 0.15) is 6.42 Å². The largest absolute Gasteiger partial charge is 0.492 e. The lowest BCUT2D eigenvalue weighted by Gasteiger charge is -2.06. The minimum Gasteiger partial charge on any atom is -0.492 e. The lowest BCUT2D eigenvalue weighted by Crippen LogP contribution is -2.07. The van der Waals surface area contributed by atoms with E-state index in [1.807, 2.05) is 24.3 Å². The molecule has 0 aromatic heterocycles. The topological polar surface area (TPSA) is 35.5 Å². The molecular formula is C10H11BrO3. The molecular weight excluding hydrogens is 248 g/mol. The smallest absolute Gasteiger partial charge is 0.308 e. The molecule has 1 aromatic rings. The first kappa shape index (κ1) is 11.0. The summed E-state index contributed by atoms with van der Waals surface area (Å²) in [5.41, 5.74) is 0. The van der Waals surface area contributed by atoms with E-state index >= 15 is 0 Å². The summed E-state index contributed by atoms with van der Waals surface area (Å²) in [5, 5.41) is 0. The number of rotatable bonds is 4. The van der Waals surface area contributed by atoms with Crippen molar-refractivity contribution >= 4 is 21.9 Å². The Hall–Kier alpha value is -1.03. The van der Waals surface area contributed by atoms with Crippen molar-refractivity contribution in [2.75, 3.05) is 13.7 Å². The fourth-order valence-electron chi connectivity index (χ4n) is 0.908. The lowest BCUT2D eigenvalue weighted by molar-refractivity contribution is -0.141. The van der Waals surface area contributed by atoms with Gasteiger partial charge in [0.25, 0.3) is 0 Å². The van der Waals surface area contributed by atoms with Gasteiger partial charge in [-0.05, 0) is 28.1 Å². The molecule has 0 fully saturated rings. The first-order valence-corrected chi connectivity index (χ1v) is 4.97. The van der Waals surface area contributed by atoms with Gasteiger partial charge in [0.15, 0.2) is 0 Å².